The predicted octanol–water partition coefficient (Wildman–Crippen LogP) is 7.09. The van der Waals surface area contributed by atoms with E-state index in [9.17, 15) is 9.18 Å². The van der Waals surface area contributed by atoms with Crippen molar-refractivity contribution in [2.75, 3.05) is 7.11 Å². The normalized spacial score (nSPS) is 14.2. The van der Waals surface area contributed by atoms with Crippen molar-refractivity contribution >= 4 is 5.97 Å². The maximum absolute atomic E-state index is 14.7. The number of carboxylic acid groups (broad SMARTS) is 1. The molecule has 1 aliphatic rings. The summed E-state index contributed by atoms with van der Waals surface area (Å²) >= 11 is 0. The molecule has 0 amide bonds. The lowest BCUT2D eigenvalue weighted by molar-refractivity contribution is -0.137. The molecule has 0 aliphatic heterocycles. The van der Waals surface area contributed by atoms with Gasteiger partial charge in [-0.1, -0.05) is 36.4 Å². The second-order valence-electron chi connectivity index (χ2n) is 8.63. The van der Waals surface area contributed by atoms with E-state index in [-0.39, 0.29) is 18.2 Å². The van der Waals surface area contributed by atoms with E-state index in [1.165, 1.54) is 6.07 Å². The van der Waals surface area contributed by atoms with Gasteiger partial charge in [-0.15, -0.1) is 0 Å². The maximum atomic E-state index is 14.7. The molecule has 1 atom stereocenters. The minimum Gasteiger partial charge on any atom is -0.497 e. The van der Waals surface area contributed by atoms with Gasteiger partial charge in [-0.2, -0.15) is 0 Å². The van der Waals surface area contributed by atoms with Crippen LogP contribution in [0.4, 0.5) is 4.39 Å². The van der Waals surface area contributed by atoms with Gasteiger partial charge in [0.15, 0.2) is 0 Å². The average molecular weight is 461 g/mol. The van der Waals surface area contributed by atoms with Gasteiger partial charge in [-0.25, -0.2) is 4.39 Å². The molecule has 5 heteroatoms. The van der Waals surface area contributed by atoms with Gasteiger partial charge >= 0.3 is 5.97 Å². The van der Waals surface area contributed by atoms with E-state index < -0.39 is 5.97 Å². The van der Waals surface area contributed by atoms with Crippen molar-refractivity contribution < 1.29 is 23.8 Å². The monoisotopic (exact) mass is 460 g/mol. The van der Waals surface area contributed by atoms with E-state index in [1.807, 2.05) is 55.5 Å². The third-order valence-electron chi connectivity index (χ3n) is 6.13. The van der Waals surface area contributed by atoms with Gasteiger partial charge in [0.1, 0.15) is 23.9 Å². The van der Waals surface area contributed by atoms with Crippen LogP contribution in [0.3, 0.4) is 0 Å². The van der Waals surface area contributed by atoms with E-state index >= 15 is 0 Å². The van der Waals surface area contributed by atoms with E-state index in [4.69, 9.17) is 14.6 Å². The molecule has 4 nitrogen and oxygen atoms in total. The molecule has 0 spiro atoms. The van der Waals surface area contributed by atoms with Crippen molar-refractivity contribution in [3.8, 4) is 22.6 Å². The Morgan fingerprint density at radius 3 is 2.44 bits per heavy atom. The summed E-state index contributed by atoms with van der Waals surface area (Å²) in [5, 5.41) is 9.16. The summed E-state index contributed by atoms with van der Waals surface area (Å²) in [6, 6.07) is 18.5. The summed E-state index contributed by atoms with van der Waals surface area (Å²) in [6.45, 7) is 2.22. The molecule has 4 rings (SSSR count). The van der Waals surface area contributed by atoms with Gasteiger partial charge in [0.25, 0.3) is 0 Å². The summed E-state index contributed by atoms with van der Waals surface area (Å²) in [5.74, 6) is 0.512. The number of allylic oxidation sites excluding steroid dienone is 2. The highest BCUT2D eigenvalue weighted by Crippen LogP contribution is 2.45. The summed E-state index contributed by atoms with van der Waals surface area (Å²) in [4.78, 5) is 11.2. The van der Waals surface area contributed by atoms with Gasteiger partial charge in [0.2, 0.25) is 0 Å². The highest BCUT2D eigenvalue weighted by Gasteiger charge is 2.27. The minimum absolute atomic E-state index is 0.0431. The molecule has 0 heterocycles. The standard InChI is InChI=1S/C29H29FO4/c1-3-4-22(16-29(31)32)20-8-10-23(11-9-20)34-18-19-5-13-25(21-6-7-21)26(15-19)27-17-24(33-2)12-14-28(27)30/h3-5,8-15,17,21-22H,6-7,16,18H2,1-2H3,(H,31,32)/b4-3+/t22-/m0/s1. The van der Waals surface area contributed by atoms with E-state index in [2.05, 4.69) is 6.07 Å². The number of ether oxygens (including phenoxy) is 2. The van der Waals surface area contributed by atoms with Crippen molar-refractivity contribution in [1.82, 2.24) is 0 Å². The first-order valence-corrected chi connectivity index (χ1v) is 11.5. The highest BCUT2D eigenvalue weighted by atomic mass is 19.1. The topological polar surface area (TPSA) is 55.8 Å². The van der Waals surface area contributed by atoms with E-state index in [0.717, 1.165) is 35.1 Å². The molecule has 34 heavy (non-hydrogen) atoms. The van der Waals surface area contributed by atoms with Crippen LogP contribution >= 0.6 is 0 Å². The second-order valence-corrected chi connectivity index (χ2v) is 8.63. The first-order chi connectivity index (χ1) is 16.5. The van der Waals surface area contributed by atoms with Crippen molar-refractivity contribution in [1.29, 1.82) is 0 Å². The third-order valence-corrected chi connectivity index (χ3v) is 6.13. The smallest absolute Gasteiger partial charge is 0.304 e. The molecular weight excluding hydrogens is 431 g/mol. The number of methoxy groups -OCH3 is 1. The van der Waals surface area contributed by atoms with Gasteiger partial charge in [0, 0.05) is 11.5 Å². The van der Waals surface area contributed by atoms with Gasteiger partial charge in [0.05, 0.1) is 13.5 Å². The van der Waals surface area contributed by atoms with Crippen LogP contribution < -0.4 is 9.47 Å². The Bertz CT molecular complexity index is 1180. The third kappa shape index (κ3) is 5.66. The maximum Gasteiger partial charge on any atom is 0.304 e. The lowest BCUT2D eigenvalue weighted by atomic mass is 9.94. The molecule has 0 saturated heterocycles. The number of benzene rings is 3. The molecule has 0 bridgehead atoms. The zero-order chi connectivity index (χ0) is 24.1. The summed E-state index contributed by atoms with van der Waals surface area (Å²) in [7, 11) is 1.58. The fourth-order valence-corrected chi connectivity index (χ4v) is 4.21. The lowest BCUT2D eigenvalue weighted by Gasteiger charge is -2.15. The SMILES string of the molecule is C/C=C/[C@@H](CC(=O)O)c1ccc(OCc2ccc(C3CC3)c(-c3cc(OC)ccc3F)c2)cc1. The van der Waals surface area contributed by atoms with Crippen molar-refractivity contribution in [2.45, 2.75) is 44.6 Å². The van der Waals surface area contributed by atoms with Crippen LogP contribution in [0.15, 0.2) is 72.8 Å². The van der Waals surface area contributed by atoms with Crippen LogP contribution in [-0.2, 0) is 11.4 Å². The Labute approximate surface area is 199 Å². The largest absolute Gasteiger partial charge is 0.497 e. The zero-order valence-electron chi connectivity index (χ0n) is 19.5. The lowest BCUT2D eigenvalue weighted by Crippen LogP contribution is -2.04. The van der Waals surface area contributed by atoms with Crippen molar-refractivity contribution in [2.24, 2.45) is 0 Å². The highest BCUT2D eigenvalue weighted by molar-refractivity contribution is 5.71. The van der Waals surface area contributed by atoms with Gasteiger partial charge in [-0.3, -0.25) is 4.79 Å². The Morgan fingerprint density at radius 1 is 1.06 bits per heavy atom. The predicted molar refractivity (Wildman–Crippen MR) is 131 cm³/mol. The Balaban J connectivity index is 1.53. The van der Waals surface area contributed by atoms with Crippen molar-refractivity contribution in [3.63, 3.8) is 0 Å². The number of hydrogen-bond donors (Lipinski definition) is 1. The van der Waals surface area contributed by atoms with E-state index in [1.54, 1.807) is 19.2 Å². The van der Waals surface area contributed by atoms with Gasteiger partial charge < -0.3 is 14.6 Å². The van der Waals surface area contributed by atoms with Crippen LogP contribution in [0, 0.1) is 5.82 Å². The first-order valence-electron chi connectivity index (χ1n) is 11.5. The molecule has 176 valence electrons. The van der Waals surface area contributed by atoms with E-state index in [0.29, 0.717) is 29.6 Å². The fourth-order valence-electron chi connectivity index (χ4n) is 4.21. The van der Waals surface area contributed by atoms with Crippen molar-refractivity contribution in [3.05, 3.63) is 95.3 Å². The molecule has 0 unspecified atom stereocenters. The summed E-state index contributed by atoms with van der Waals surface area (Å²) in [6.07, 6.45) is 6.05. The van der Waals surface area contributed by atoms with Crippen LogP contribution in [0.25, 0.3) is 11.1 Å². The summed E-state index contributed by atoms with van der Waals surface area (Å²) < 4.78 is 26.1. The Morgan fingerprint density at radius 2 is 1.79 bits per heavy atom. The first kappa shape index (κ1) is 23.6. The van der Waals surface area contributed by atoms with Gasteiger partial charge in [-0.05, 0) is 84.3 Å². The molecule has 1 fully saturated rings. The fraction of sp³-hybridized carbons (Fsp3) is 0.276. The van der Waals surface area contributed by atoms with Crippen LogP contribution in [0.1, 0.15) is 54.7 Å². The Kier molecular flexibility index (Phi) is 7.31. The quantitative estimate of drug-likeness (QED) is 0.328. The number of aliphatic carboxylic acids is 1. The number of halogens is 1. The van der Waals surface area contributed by atoms with Crippen LogP contribution in [0.2, 0.25) is 0 Å². The molecule has 1 N–H and O–H groups in total. The van der Waals surface area contributed by atoms with Crippen LogP contribution in [-0.4, -0.2) is 18.2 Å². The molecule has 3 aromatic carbocycles. The zero-order valence-corrected chi connectivity index (χ0v) is 19.5. The molecule has 0 aromatic heterocycles. The molecule has 0 radical (unpaired) electrons. The Hall–Kier alpha value is -3.60. The number of carboxylic acids is 1. The second kappa shape index (κ2) is 10.6. The molecule has 1 saturated carbocycles. The number of rotatable bonds is 10. The van der Waals surface area contributed by atoms with Crippen LogP contribution in [0.5, 0.6) is 11.5 Å². The number of hydrogen-bond acceptors (Lipinski definition) is 3. The summed E-state index contributed by atoms with van der Waals surface area (Å²) in [5.41, 5.74) is 4.47. The average Bonchev–Trinajstić information content (AvgIpc) is 3.68. The molecular formula is C29H29FO4. The minimum atomic E-state index is -0.832. The molecule has 1 aliphatic carbocycles. The molecule has 3 aromatic rings. The number of carbonyl (C=O) groups is 1.